The number of aromatic carboxylic acids is 1. The minimum atomic E-state index is -3.81. The maximum atomic E-state index is 13.3. The molecule has 0 aliphatic heterocycles. The van der Waals surface area contributed by atoms with E-state index in [-0.39, 0.29) is 4.90 Å². The molecule has 2 N–H and O–H groups in total. The highest BCUT2D eigenvalue weighted by molar-refractivity contribution is 7.92. The second kappa shape index (κ2) is 11.4. The van der Waals surface area contributed by atoms with Crippen molar-refractivity contribution in [1.82, 2.24) is 0 Å². The number of nitrogens with one attached hydrogen (secondary N) is 1. The van der Waals surface area contributed by atoms with Gasteiger partial charge >= 0.3 is 5.97 Å². The number of para-hydroxylation sites is 1. The van der Waals surface area contributed by atoms with Crippen molar-refractivity contribution >= 4 is 21.7 Å². The Hall–Kier alpha value is -3.32. The summed E-state index contributed by atoms with van der Waals surface area (Å²) >= 11 is 0. The monoisotopic (exact) mass is 495 g/mol. The first kappa shape index (κ1) is 26.3. The molecule has 35 heavy (non-hydrogen) atoms. The fourth-order valence-electron chi connectivity index (χ4n) is 4.27. The van der Waals surface area contributed by atoms with Gasteiger partial charge in [0.1, 0.15) is 5.75 Å². The standard InChI is InChI=1S/C28H33NO5S/c1-19-20(2)26(34-4)18-27(21(19)3)35(32,33)29-25-17-11-9-15-23(25)14-7-5-6-12-22-13-8-10-16-24(22)28(30)31/h8-11,13,15-18,29H,5-7,12,14H2,1-4H3,(H,30,31). The van der Waals surface area contributed by atoms with Crippen LogP contribution in [0.4, 0.5) is 5.69 Å². The van der Waals surface area contributed by atoms with Gasteiger partial charge in [0.2, 0.25) is 0 Å². The Morgan fingerprint density at radius 3 is 2.11 bits per heavy atom. The largest absolute Gasteiger partial charge is 0.496 e. The van der Waals surface area contributed by atoms with Gasteiger partial charge in [-0.1, -0.05) is 42.8 Å². The van der Waals surface area contributed by atoms with Gasteiger partial charge in [-0.2, -0.15) is 0 Å². The molecule has 0 spiro atoms. The molecule has 0 aromatic heterocycles. The van der Waals surface area contributed by atoms with E-state index in [9.17, 15) is 18.3 Å². The first-order valence-corrected chi connectivity index (χ1v) is 13.2. The molecule has 3 aromatic carbocycles. The molecular weight excluding hydrogens is 462 g/mol. The fraction of sp³-hybridized carbons (Fsp3) is 0.321. The quantitative estimate of drug-likeness (QED) is 0.315. The lowest BCUT2D eigenvalue weighted by molar-refractivity contribution is 0.0695. The van der Waals surface area contributed by atoms with E-state index in [0.717, 1.165) is 41.5 Å². The maximum Gasteiger partial charge on any atom is 0.335 e. The van der Waals surface area contributed by atoms with E-state index >= 15 is 0 Å². The third kappa shape index (κ3) is 6.22. The van der Waals surface area contributed by atoms with Gasteiger partial charge in [-0.05, 0) is 86.4 Å². The summed E-state index contributed by atoms with van der Waals surface area (Å²) in [6, 6.07) is 16.1. The normalized spacial score (nSPS) is 11.3. The topological polar surface area (TPSA) is 92.7 Å². The number of unbranched alkanes of at least 4 members (excludes halogenated alkanes) is 2. The number of anilines is 1. The molecule has 3 rings (SSSR count). The Labute approximate surface area is 208 Å². The average Bonchev–Trinajstić information content (AvgIpc) is 2.83. The number of aryl methyl sites for hydroxylation is 2. The number of carbonyl (C=O) groups is 1. The highest BCUT2D eigenvalue weighted by atomic mass is 32.2. The van der Waals surface area contributed by atoms with Gasteiger partial charge in [0.15, 0.2) is 0 Å². The second-order valence-corrected chi connectivity index (χ2v) is 10.4. The summed E-state index contributed by atoms with van der Waals surface area (Å²) in [5, 5.41) is 9.33. The number of carboxylic acid groups (broad SMARTS) is 1. The Kier molecular flexibility index (Phi) is 8.57. The molecule has 6 nitrogen and oxygen atoms in total. The van der Waals surface area contributed by atoms with Crippen LogP contribution in [0.2, 0.25) is 0 Å². The number of hydrogen-bond donors (Lipinski definition) is 2. The lowest BCUT2D eigenvalue weighted by Crippen LogP contribution is -2.16. The molecular formula is C28H33NO5S. The predicted molar refractivity (Wildman–Crippen MR) is 139 cm³/mol. The highest BCUT2D eigenvalue weighted by Gasteiger charge is 2.22. The molecule has 0 bridgehead atoms. The van der Waals surface area contributed by atoms with E-state index < -0.39 is 16.0 Å². The second-order valence-electron chi connectivity index (χ2n) is 8.74. The Morgan fingerprint density at radius 2 is 1.46 bits per heavy atom. The van der Waals surface area contributed by atoms with Crippen molar-refractivity contribution in [2.24, 2.45) is 0 Å². The van der Waals surface area contributed by atoms with E-state index in [1.54, 1.807) is 24.3 Å². The Morgan fingerprint density at radius 1 is 0.857 bits per heavy atom. The van der Waals surface area contributed by atoms with Crippen LogP contribution in [0.15, 0.2) is 59.5 Å². The van der Waals surface area contributed by atoms with Crippen molar-refractivity contribution in [3.05, 3.63) is 88.0 Å². The van der Waals surface area contributed by atoms with Crippen molar-refractivity contribution < 1.29 is 23.1 Å². The van der Waals surface area contributed by atoms with Gasteiger partial charge in [0.25, 0.3) is 10.0 Å². The summed E-state index contributed by atoms with van der Waals surface area (Å²) in [4.78, 5) is 11.6. The Balaban J connectivity index is 1.68. The Bertz CT molecular complexity index is 1310. The van der Waals surface area contributed by atoms with Crippen LogP contribution in [0.1, 0.15) is 57.4 Å². The summed E-state index contributed by atoms with van der Waals surface area (Å²) < 4.78 is 34.8. The number of methoxy groups -OCH3 is 1. The smallest absolute Gasteiger partial charge is 0.335 e. The summed E-state index contributed by atoms with van der Waals surface area (Å²) in [5.74, 6) is -0.357. The molecule has 186 valence electrons. The molecule has 7 heteroatoms. The number of benzene rings is 3. The number of carboxylic acids is 1. The molecule has 0 fully saturated rings. The number of ether oxygens (including phenoxy) is 1. The van der Waals surface area contributed by atoms with Crippen molar-refractivity contribution in [2.75, 3.05) is 11.8 Å². The molecule has 3 aromatic rings. The first-order valence-electron chi connectivity index (χ1n) is 11.7. The zero-order valence-electron chi connectivity index (χ0n) is 20.7. The maximum absolute atomic E-state index is 13.3. The first-order chi connectivity index (χ1) is 16.7. The van der Waals surface area contributed by atoms with Crippen LogP contribution in [0.5, 0.6) is 5.75 Å². The molecule has 0 saturated carbocycles. The molecule has 0 aliphatic rings. The summed E-state index contributed by atoms with van der Waals surface area (Å²) in [7, 11) is -2.27. The van der Waals surface area contributed by atoms with Crippen LogP contribution in [0, 0.1) is 20.8 Å². The zero-order valence-corrected chi connectivity index (χ0v) is 21.5. The van der Waals surface area contributed by atoms with E-state index in [2.05, 4.69) is 4.72 Å². The molecule has 0 heterocycles. The van der Waals surface area contributed by atoms with E-state index in [1.165, 1.54) is 7.11 Å². The van der Waals surface area contributed by atoms with Crippen molar-refractivity contribution in [3.8, 4) is 5.75 Å². The molecule has 0 unspecified atom stereocenters. The fourth-order valence-corrected chi connectivity index (χ4v) is 5.69. The summed E-state index contributed by atoms with van der Waals surface area (Å²) in [5.41, 5.74) is 5.21. The van der Waals surface area contributed by atoms with E-state index in [4.69, 9.17) is 4.74 Å². The van der Waals surface area contributed by atoms with E-state index in [0.29, 0.717) is 35.4 Å². The summed E-state index contributed by atoms with van der Waals surface area (Å²) in [6.45, 7) is 5.63. The average molecular weight is 496 g/mol. The van der Waals surface area contributed by atoms with Gasteiger partial charge in [-0.25, -0.2) is 13.2 Å². The van der Waals surface area contributed by atoms with Gasteiger partial charge in [-0.3, -0.25) is 4.72 Å². The number of hydrogen-bond acceptors (Lipinski definition) is 4. The predicted octanol–water partition coefficient (Wildman–Crippen LogP) is 6.07. The molecule has 0 radical (unpaired) electrons. The van der Waals surface area contributed by atoms with Gasteiger partial charge in [-0.15, -0.1) is 0 Å². The minimum Gasteiger partial charge on any atom is -0.496 e. The molecule has 0 saturated heterocycles. The zero-order chi connectivity index (χ0) is 25.6. The highest BCUT2D eigenvalue weighted by Crippen LogP contribution is 2.31. The van der Waals surface area contributed by atoms with Crippen molar-refractivity contribution in [2.45, 2.75) is 57.8 Å². The number of rotatable bonds is 11. The lowest BCUT2D eigenvalue weighted by Gasteiger charge is -2.18. The van der Waals surface area contributed by atoms with Gasteiger partial charge in [0.05, 0.1) is 23.3 Å². The van der Waals surface area contributed by atoms with Crippen LogP contribution >= 0.6 is 0 Å². The third-order valence-corrected chi connectivity index (χ3v) is 8.03. The molecule has 0 atom stereocenters. The van der Waals surface area contributed by atoms with Crippen LogP contribution in [-0.2, 0) is 22.9 Å². The molecule has 0 amide bonds. The van der Waals surface area contributed by atoms with Crippen molar-refractivity contribution in [3.63, 3.8) is 0 Å². The van der Waals surface area contributed by atoms with Crippen molar-refractivity contribution in [1.29, 1.82) is 0 Å². The lowest BCUT2D eigenvalue weighted by atomic mass is 9.99. The van der Waals surface area contributed by atoms with Gasteiger partial charge < -0.3 is 9.84 Å². The minimum absolute atomic E-state index is 0.212. The van der Waals surface area contributed by atoms with Gasteiger partial charge in [0, 0.05) is 6.07 Å². The van der Waals surface area contributed by atoms with E-state index in [1.807, 2.05) is 51.1 Å². The van der Waals surface area contributed by atoms with Crippen LogP contribution in [0.3, 0.4) is 0 Å². The summed E-state index contributed by atoms with van der Waals surface area (Å²) in [6.07, 6.45) is 4.05. The number of sulfonamides is 1. The molecule has 0 aliphatic carbocycles. The SMILES string of the molecule is COc1cc(S(=O)(=O)Nc2ccccc2CCCCCc2ccccc2C(=O)O)c(C)c(C)c1C. The van der Waals surface area contributed by atoms with Crippen LogP contribution in [-0.4, -0.2) is 26.6 Å². The third-order valence-electron chi connectivity index (χ3n) is 6.54. The van der Waals surface area contributed by atoms with Crippen LogP contribution in [0.25, 0.3) is 0 Å². The van der Waals surface area contributed by atoms with Crippen LogP contribution < -0.4 is 9.46 Å².